The van der Waals surface area contributed by atoms with Crippen LogP contribution in [0.5, 0.6) is 5.75 Å². The summed E-state index contributed by atoms with van der Waals surface area (Å²) in [4.78, 5) is 25.9. The molecule has 2 amide bonds. The first kappa shape index (κ1) is 19.5. The molecular formula is C19H19Cl2N3O3. The summed E-state index contributed by atoms with van der Waals surface area (Å²) in [6.45, 7) is 2.07. The number of rotatable bonds is 5. The predicted molar refractivity (Wildman–Crippen MR) is 105 cm³/mol. The number of para-hydroxylation sites is 2. The Morgan fingerprint density at radius 3 is 2.70 bits per heavy atom. The van der Waals surface area contributed by atoms with Crippen molar-refractivity contribution in [1.82, 2.24) is 5.32 Å². The van der Waals surface area contributed by atoms with Crippen LogP contribution in [-0.2, 0) is 9.59 Å². The minimum Gasteiger partial charge on any atom is -0.477 e. The van der Waals surface area contributed by atoms with Gasteiger partial charge < -0.3 is 20.7 Å². The zero-order chi connectivity index (χ0) is 19.6. The molecule has 0 unspecified atom stereocenters. The van der Waals surface area contributed by atoms with Crippen molar-refractivity contribution in [3.05, 3.63) is 58.1 Å². The highest BCUT2D eigenvalue weighted by Gasteiger charge is 2.32. The summed E-state index contributed by atoms with van der Waals surface area (Å²) in [7, 11) is 0. The fourth-order valence-corrected chi connectivity index (χ4v) is 3.16. The third-order valence-electron chi connectivity index (χ3n) is 4.40. The summed E-state index contributed by atoms with van der Waals surface area (Å²) in [6, 6.07) is 12.3. The van der Waals surface area contributed by atoms with Gasteiger partial charge in [-0.3, -0.25) is 9.59 Å². The fraction of sp³-hybridized carbons (Fsp3) is 0.263. The minimum absolute atomic E-state index is 0.0707. The lowest BCUT2D eigenvalue weighted by molar-refractivity contribution is -0.125. The number of nitrogens with two attached hydrogens (primary N) is 1. The van der Waals surface area contributed by atoms with Gasteiger partial charge in [0.15, 0.2) is 6.10 Å². The van der Waals surface area contributed by atoms with Crippen molar-refractivity contribution in [3.8, 4) is 5.75 Å². The lowest BCUT2D eigenvalue weighted by atomic mass is 10.1. The number of fused-ring (bicyclic) bond motifs is 1. The van der Waals surface area contributed by atoms with Gasteiger partial charge in [-0.05, 0) is 36.8 Å². The van der Waals surface area contributed by atoms with E-state index in [9.17, 15) is 9.59 Å². The highest BCUT2D eigenvalue weighted by atomic mass is 35.5. The maximum Gasteiger partial charge on any atom is 0.260 e. The topological polar surface area (TPSA) is 84.7 Å². The SMILES string of the molecule is C[C@H](NCC(=O)N1C[C@H](C(N)=O)Oc2ccccc21)c1ccc(Cl)c(Cl)c1. The molecule has 0 saturated carbocycles. The Hall–Kier alpha value is -2.28. The fourth-order valence-electron chi connectivity index (χ4n) is 2.85. The Kier molecular flexibility index (Phi) is 5.89. The zero-order valence-electron chi connectivity index (χ0n) is 14.6. The number of carbonyl (C=O) groups excluding carboxylic acids is 2. The molecule has 1 aliphatic heterocycles. The van der Waals surface area contributed by atoms with E-state index in [0.29, 0.717) is 21.5 Å². The average Bonchev–Trinajstić information content (AvgIpc) is 2.66. The van der Waals surface area contributed by atoms with Gasteiger partial charge in [0.1, 0.15) is 5.75 Å². The van der Waals surface area contributed by atoms with Crippen LogP contribution in [0.3, 0.4) is 0 Å². The summed E-state index contributed by atoms with van der Waals surface area (Å²) in [5.74, 6) is -0.346. The Bertz CT molecular complexity index is 875. The van der Waals surface area contributed by atoms with E-state index in [1.165, 1.54) is 4.90 Å². The first-order valence-electron chi connectivity index (χ1n) is 8.40. The van der Waals surface area contributed by atoms with Crippen LogP contribution >= 0.6 is 23.2 Å². The predicted octanol–water partition coefficient (Wildman–Crippen LogP) is 2.92. The van der Waals surface area contributed by atoms with Crippen LogP contribution < -0.4 is 20.7 Å². The minimum atomic E-state index is -0.878. The first-order valence-corrected chi connectivity index (χ1v) is 9.16. The first-order chi connectivity index (χ1) is 12.9. The van der Waals surface area contributed by atoms with Crippen molar-refractivity contribution in [3.63, 3.8) is 0 Å². The van der Waals surface area contributed by atoms with E-state index in [-0.39, 0.29) is 25.0 Å². The van der Waals surface area contributed by atoms with Crippen molar-refractivity contribution in [2.75, 3.05) is 18.0 Å². The molecule has 0 spiro atoms. The van der Waals surface area contributed by atoms with Crippen molar-refractivity contribution in [2.45, 2.75) is 19.1 Å². The molecule has 0 saturated heterocycles. The second-order valence-corrected chi connectivity index (χ2v) is 7.07. The molecule has 0 aromatic heterocycles. The molecule has 0 aliphatic carbocycles. The molecule has 142 valence electrons. The van der Waals surface area contributed by atoms with Gasteiger partial charge in [0, 0.05) is 6.04 Å². The number of halogens is 2. The van der Waals surface area contributed by atoms with E-state index in [0.717, 1.165) is 5.56 Å². The van der Waals surface area contributed by atoms with Gasteiger partial charge >= 0.3 is 0 Å². The average molecular weight is 408 g/mol. The molecule has 27 heavy (non-hydrogen) atoms. The normalized spacial score (nSPS) is 17.0. The second kappa shape index (κ2) is 8.17. The Morgan fingerprint density at radius 2 is 2.00 bits per heavy atom. The number of amides is 2. The molecule has 3 N–H and O–H groups in total. The van der Waals surface area contributed by atoms with Crippen LogP contribution in [-0.4, -0.2) is 31.0 Å². The summed E-state index contributed by atoms with van der Waals surface area (Å²) in [6.07, 6.45) is -0.878. The second-order valence-electron chi connectivity index (χ2n) is 6.26. The summed E-state index contributed by atoms with van der Waals surface area (Å²) >= 11 is 12.0. The molecule has 0 radical (unpaired) electrons. The van der Waals surface area contributed by atoms with Gasteiger partial charge in [0.25, 0.3) is 5.91 Å². The van der Waals surface area contributed by atoms with Gasteiger partial charge in [-0.15, -0.1) is 0 Å². The lowest BCUT2D eigenvalue weighted by Gasteiger charge is -2.33. The molecule has 0 fully saturated rings. The molecule has 8 heteroatoms. The Morgan fingerprint density at radius 1 is 1.26 bits per heavy atom. The van der Waals surface area contributed by atoms with Crippen molar-refractivity contribution in [1.29, 1.82) is 0 Å². The summed E-state index contributed by atoms with van der Waals surface area (Å²) in [5.41, 5.74) is 6.90. The summed E-state index contributed by atoms with van der Waals surface area (Å²) < 4.78 is 5.58. The third-order valence-corrected chi connectivity index (χ3v) is 5.13. The Balaban J connectivity index is 1.71. The van der Waals surface area contributed by atoms with E-state index in [4.69, 9.17) is 33.7 Å². The van der Waals surface area contributed by atoms with Gasteiger partial charge in [0.2, 0.25) is 5.91 Å². The number of hydrogen-bond acceptors (Lipinski definition) is 4. The van der Waals surface area contributed by atoms with E-state index in [2.05, 4.69) is 5.32 Å². The zero-order valence-corrected chi connectivity index (χ0v) is 16.1. The number of anilines is 1. The highest BCUT2D eigenvalue weighted by Crippen LogP contribution is 2.33. The molecule has 1 heterocycles. The quantitative estimate of drug-likeness (QED) is 0.797. The van der Waals surface area contributed by atoms with Gasteiger partial charge in [-0.2, -0.15) is 0 Å². The largest absolute Gasteiger partial charge is 0.477 e. The van der Waals surface area contributed by atoms with E-state index < -0.39 is 12.0 Å². The highest BCUT2D eigenvalue weighted by molar-refractivity contribution is 6.42. The van der Waals surface area contributed by atoms with Gasteiger partial charge in [0.05, 0.1) is 28.8 Å². The number of ether oxygens (including phenoxy) is 1. The van der Waals surface area contributed by atoms with Crippen molar-refractivity contribution < 1.29 is 14.3 Å². The van der Waals surface area contributed by atoms with Crippen LogP contribution in [0.2, 0.25) is 10.0 Å². The number of nitrogens with one attached hydrogen (secondary N) is 1. The smallest absolute Gasteiger partial charge is 0.260 e. The molecule has 3 rings (SSSR count). The van der Waals surface area contributed by atoms with E-state index in [1.54, 1.807) is 36.4 Å². The maximum atomic E-state index is 12.8. The number of hydrogen-bond donors (Lipinski definition) is 2. The van der Waals surface area contributed by atoms with Crippen LogP contribution in [0.4, 0.5) is 5.69 Å². The van der Waals surface area contributed by atoms with E-state index >= 15 is 0 Å². The van der Waals surface area contributed by atoms with Gasteiger partial charge in [-0.25, -0.2) is 0 Å². The molecular weight excluding hydrogens is 389 g/mol. The number of primary amides is 1. The maximum absolute atomic E-state index is 12.8. The monoisotopic (exact) mass is 407 g/mol. The van der Waals surface area contributed by atoms with Crippen LogP contribution in [0, 0.1) is 0 Å². The third kappa shape index (κ3) is 4.35. The van der Waals surface area contributed by atoms with Crippen LogP contribution in [0.1, 0.15) is 18.5 Å². The molecule has 2 aromatic rings. The molecule has 2 aromatic carbocycles. The lowest BCUT2D eigenvalue weighted by Crippen LogP contribution is -2.51. The summed E-state index contributed by atoms with van der Waals surface area (Å²) in [5, 5.41) is 4.10. The van der Waals surface area contributed by atoms with Crippen LogP contribution in [0.15, 0.2) is 42.5 Å². The molecule has 2 atom stereocenters. The molecule has 6 nitrogen and oxygen atoms in total. The van der Waals surface area contributed by atoms with Crippen molar-refractivity contribution >= 4 is 40.7 Å². The number of carbonyl (C=O) groups is 2. The molecule has 0 bridgehead atoms. The van der Waals surface area contributed by atoms with Crippen molar-refractivity contribution in [2.24, 2.45) is 5.73 Å². The van der Waals surface area contributed by atoms with Crippen LogP contribution in [0.25, 0.3) is 0 Å². The number of benzene rings is 2. The number of nitrogens with zero attached hydrogens (tertiary/aromatic N) is 1. The standard InChI is InChI=1S/C19H19Cl2N3O3/c1-11(12-6-7-13(20)14(21)8-12)23-9-18(25)24-10-17(19(22)26)27-16-5-3-2-4-15(16)24/h2-8,11,17,23H,9-10H2,1H3,(H2,22,26)/t11-,17+/m0/s1. The Labute approximate surface area is 167 Å². The van der Waals surface area contributed by atoms with Gasteiger partial charge in [-0.1, -0.05) is 41.4 Å². The molecule has 1 aliphatic rings. The van der Waals surface area contributed by atoms with E-state index in [1.807, 2.05) is 13.0 Å².